The minimum Gasteiger partial charge on any atom is -0.0654 e. The van der Waals surface area contributed by atoms with E-state index in [1.54, 1.807) is 0 Å². The van der Waals surface area contributed by atoms with E-state index in [4.69, 9.17) is 0 Å². The summed E-state index contributed by atoms with van der Waals surface area (Å²) in [5.74, 6) is 3.92. The summed E-state index contributed by atoms with van der Waals surface area (Å²) in [6.45, 7) is 9.72. The van der Waals surface area contributed by atoms with Crippen LogP contribution in [-0.4, -0.2) is 0 Å². The first-order chi connectivity index (χ1) is 8.16. The Kier molecular flexibility index (Phi) is 7.23. The first-order valence-electron chi connectivity index (χ1n) is 8.16. The maximum atomic E-state index is 2.50. The molecular weight excluding hydrogens is 204 g/mol. The molecule has 0 N–H and O–H groups in total. The van der Waals surface area contributed by atoms with E-state index in [-0.39, 0.29) is 0 Å². The van der Waals surface area contributed by atoms with Crippen LogP contribution in [0.3, 0.4) is 0 Å². The SMILES string of the molecule is CCCCCCCCC1CCC(C)C(C)C1C. The zero-order valence-electron chi connectivity index (χ0n) is 12.7. The summed E-state index contributed by atoms with van der Waals surface area (Å²) in [4.78, 5) is 0. The van der Waals surface area contributed by atoms with Crippen LogP contribution in [-0.2, 0) is 0 Å². The summed E-state index contributed by atoms with van der Waals surface area (Å²) in [7, 11) is 0. The lowest BCUT2D eigenvalue weighted by molar-refractivity contribution is 0.117. The molecule has 0 saturated heterocycles. The predicted octanol–water partition coefficient (Wildman–Crippen LogP) is 6.06. The quantitative estimate of drug-likeness (QED) is 0.473. The highest BCUT2D eigenvalue weighted by Gasteiger charge is 2.30. The van der Waals surface area contributed by atoms with Crippen molar-refractivity contribution in [3.8, 4) is 0 Å². The molecule has 0 aromatic rings. The van der Waals surface area contributed by atoms with E-state index in [1.807, 2.05) is 0 Å². The molecule has 0 amide bonds. The van der Waals surface area contributed by atoms with Crippen LogP contribution in [0.1, 0.15) is 85.5 Å². The van der Waals surface area contributed by atoms with Gasteiger partial charge in [-0.15, -0.1) is 0 Å². The minimum absolute atomic E-state index is 0.953. The summed E-state index contributed by atoms with van der Waals surface area (Å²) in [5.41, 5.74) is 0. The highest BCUT2D eigenvalue weighted by Crippen LogP contribution is 2.40. The van der Waals surface area contributed by atoms with E-state index < -0.39 is 0 Å². The van der Waals surface area contributed by atoms with E-state index in [2.05, 4.69) is 27.7 Å². The van der Waals surface area contributed by atoms with Crippen LogP contribution >= 0.6 is 0 Å². The van der Waals surface area contributed by atoms with Gasteiger partial charge in [0.15, 0.2) is 0 Å². The van der Waals surface area contributed by atoms with Crippen LogP contribution in [0.15, 0.2) is 0 Å². The summed E-state index contributed by atoms with van der Waals surface area (Å²) >= 11 is 0. The molecule has 0 aliphatic heterocycles. The molecule has 0 nitrogen and oxygen atoms in total. The first-order valence-corrected chi connectivity index (χ1v) is 8.16. The zero-order valence-corrected chi connectivity index (χ0v) is 12.7. The van der Waals surface area contributed by atoms with Gasteiger partial charge >= 0.3 is 0 Å². The van der Waals surface area contributed by atoms with Crippen LogP contribution in [0.4, 0.5) is 0 Å². The Morgan fingerprint density at radius 3 is 2.12 bits per heavy atom. The zero-order chi connectivity index (χ0) is 12.7. The summed E-state index contributed by atoms with van der Waals surface area (Å²) in [6.07, 6.45) is 13.2. The van der Waals surface area contributed by atoms with Gasteiger partial charge < -0.3 is 0 Å². The topological polar surface area (TPSA) is 0 Å². The molecule has 0 aromatic heterocycles. The lowest BCUT2D eigenvalue weighted by Gasteiger charge is -2.38. The van der Waals surface area contributed by atoms with Gasteiger partial charge in [0, 0.05) is 0 Å². The second-order valence-electron chi connectivity index (χ2n) is 6.59. The maximum Gasteiger partial charge on any atom is -0.0386 e. The second-order valence-corrected chi connectivity index (χ2v) is 6.59. The third-order valence-corrected chi connectivity index (χ3v) is 5.39. The highest BCUT2D eigenvalue weighted by molar-refractivity contribution is 4.80. The van der Waals surface area contributed by atoms with Crippen LogP contribution in [0.25, 0.3) is 0 Å². The summed E-state index contributed by atoms with van der Waals surface area (Å²) in [6, 6.07) is 0. The third-order valence-electron chi connectivity index (χ3n) is 5.39. The molecule has 17 heavy (non-hydrogen) atoms. The van der Waals surface area contributed by atoms with E-state index in [0.29, 0.717) is 0 Å². The summed E-state index contributed by atoms with van der Waals surface area (Å²) in [5, 5.41) is 0. The molecule has 0 spiro atoms. The average Bonchev–Trinajstić information content (AvgIpc) is 2.33. The fourth-order valence-electron chi connectivity index (χ4n) is 3.54. The van der Waals surface area contributed by atoms with Crippen molar-refractivity contribution in [1.29, 1.82) is 0 Å². The molecule has 4 unspecified atom stereocenters. The van der Waals surface area contributed by atoms with Gasteiger partial charge in [-0.1, -0.05) is 79.1 Å². The standard InChI is InChI=1S/C17H34/c1-5-6-7-8-9-10-11-17-13-12-14(2)15(3)16(17)4/h14-17H,5-13H2,1-4H3. The largest absolute Gasteiger partial charge is 0.0654 e. The van der Waals surface area contributed by atoms with Crippen molar-refractivity contribution < 1.29 is 0 Å². The molecule has 1 rings (SSSR count). The van der Waals surface area contributed by atoms with Gasteiger partial charge in [0.05, 0.1) is 0 Å². The van der Waals surface area contributed by atoms with Gasteiger partial charge in [-0.3, -0.25) is 0 Å². The molecule has 1 aliphatic rings. The smallest absolute Gasteiger partial charge is 0.0386 e. The molecule has 4 atom stereocenters. The van der Waals surface area contributed by atoms with E-state index in [1.165, 1.54) is 57.8 Å². The van der Waals surface area contributed by atoms with Crippen molar-refractivity contribution in [2.45, 2.75) is 85.5 Å². The fraction of sp³-hybridized carbons (Fsp3) is 1.00. The van der Waals surface area contributed by atoms with Crippen molar-refractivity contribution in [1.82, 2.24) is 0 Å². The maximum absolute atomic E-state index is 2.50. The van der Waals surface area contributed by atoms with E-state index in [9.17, 15) is 0 Å². The number of hydrogen-bond donors (Lipinski definition) is 0. The Balaban J connectivity index is 2.10. The molecule has 0 heterocycles. The van der Waals surface area contributed by atoms with E-state index >= 15 is 0 Å². The number of hydrogen-bond acceptors (Lipinski definition) is 0. The predicted molar refractivity (Wildman–Crippen MR) is 78.2 cm³/mol. The van der Waals surface area contributed by atoms with Crippen molar-refractivity contribution in [3.63, 3.8) is 0 Å². The lowest BCUT2D eigenvalue weighted by atomic mass is 9.67. The summed E-state index contributed by atoms with van der Waals surface area (Å²) < 4.78 is 0. The van der Waals surface area contributed by atoms with Crippen molar-refractivity contribution in [2.75, 3.05) is 0 Å². The van der Waals surface area contributed by atoms with Crippen molar-refractivity contribution >= 4 is 0 Å². The Hall–Kier alpha value is 0. The van der Waals surface area contributed by atoms with Gasteiger partial charge in [0.1, 0.15) is 0 Å². The van der Waals surface area contributed by atoms with Crippen LogP contribution in [0, 0.1) is 23.7 Å². The second kappa shape index (κ2) is 8.16. The highest BCUT2D eigenvalue weighted by atomic mass is 14.4. The normalized spacial score (nSPS) is 33.9. The third kappa shape index (κ3) is 5.02. The fourth-order valence-corrected chi connectivity index (χ4v) is 3.54. The Labute approximate surface area is 110 Å². The molecule has 1 saturated carbocycles. The Bertz CT molecular complexity index is 184. The monoisotopic (exact) mass is 238 g/mol. The first kappa shape index (κ1) is 15.1. The van der Waals surface area contributed by atoms with Crippen molar-refractivity contribution in [3.05, 3.63) is 0 Å². The Morgan fingerprint density at radius 2 is 1.41 bits per heavy atom. The average molecular weight is 238 g/mol. The van der Waals surface area contributed by atoms with Gasteiger partial charge in [-0.05, 0) is 30.1 Å². The number of rotatable bonds is 7. The molecule has 0 heteroatoms. The van der Waals surface area contributed by atoms with Gasteiger partial charge in [0.2, 0.25) is 0 Å². The van der Waals surface area contributed by atoms with Crippen LogP contribution in [0.5, 0.6) is 0 Å². The van der Waals surface area contributed by atoms with Crippen LogP contribution < -0.4 is 0 Å². The van der Waals surface area contributed by atoms with E-state index in [0.717, 1.165) is 23.7 Å². The van der Waals surface area contributed by atoms with Gasteiger partial charge in [-0.25, -0.2) is 0 Å². The molecule has 0 radical (unpaired) electrons. The molecule has 1 aliphatic carbocycles. The molecule has 0 bridgehead atoms. The Morgan fingerprint density at radius 1 is 0.765 bits per heavy atom. The van der Waals surface area contributed by atoms with Crippen molar-refractivity contribution in [2.24, 2.45) is 23.7 Å². The van der Waals surface area contributed by atoms with Gasteiger partial charge in [-0.2, -0.15) is 0 Å². The minimum atomic E-state index is 0.953. The van der Waals surface area contributed by atoms with Crippen LogP contribution in [0.2, 0.25) is 0 Å². The number of unbranched alkanes of at least 4 members (excludes halogenated alkanes) is 5. The molecular formula is C17H34. The lowest BCUT2D eigenvalue weighted by Crippen LogP contribution is -2.29. The van der Waals surface area contributed by atoms with Gasteiger partial charge in [0.25, 0.3) is 0 Å². The molecule has 1 fully saturated rings. The molecule has 102 valence electrons. The molecule has 0 aromatic carbocycles.